The van der Waals surface area contributed by atoms with Gasteiger partial charge in [0, 0.05) is 6.54 Å². The SMILES string of the molecule is CC(C)OC(=O)NCC1CCC(C(=O)O)CC1.c1ccc(-c2ccccc2)cc1. The van der Waals surface area contributed by atoms with Gasteiger partial charge in [0.05, 0.1) is 12.0 Å². The summed E-state index contributed by atoms with van der Waals surface area (Å²) in [6.45, 7) is 4.19. The molecule has 1 saturated carbocycles. The predicted octanol–water partition coefficient (Wildman–Crippen LogP) is 5.37. The average molecular weight is 398 g/mol. The molecule has 5 heteroatoms. The van der Waals surface area contributed by atoms with E-state index < -0.39 is 5.97 Å². The largest absolute Gasteiger partial charge is 0.481 e. The molecule has 3 rings (SSSR count). The van der Waals surface area contributed by atoms with Crippen LogP contribution in [0.25, 0.3) is 11.1 Å². The lowest BCUT2D eigenvalue weighted by molar-refractivity contribution is -0.143. The molecule has 0 aliphatic heterocycles. The summed E-state index contributed by atoms with van der Waals surface area (Å²) in [5.74, 6) is -0.519. The maximum atomic E-state index is 11.2. The molecule has 0 heterocycles. The zero-order chi connectivity index (χ0) is 21.1. The van der Waals surface area contributed by atoms with Crippen LogP contribution in [-0.2, 0) is 9.53 Å². The Morgan fingerprint density at radius 1 is 0.931 bits per heavy atom. The van der Waals surface area contributed by atoms with Crippen LogP contribution in [0.2, 0.25) is 0 Å². The molecule has 2 aromatic carbocycles. The summed E-state index contributed by atoms with van der Waals surface area (Å²) in [5, 5.41) is 11.6. The number of nitrogens with one attached hydrogen (secondary N) is 1. The van der Waals surface area contributed by atoms with E-state index in [1.165, 1.54) is 11.1 Å². The fraction of sp³-hybridized carbons (Fsp3) is 0.417. The Bertz CT molecular complexity index is 700. The van der Waals surface area contributed by atoms with Gasteiger partial charge in [0.1, 0.15) is 0 Å². The maximum absolute atomic E-state index is 11.2. The molecule has 1 fully saturated rings. The van der Waals surface area contributed by atoms with E-state index in [0.29, 0.717) is 25.3 Å². The first kappa shape index (κ1) is 22.5. The summed E-state index contributed by atoms with van der Waals surface area (Å²) in [6, 6.07) is 20.8. The van der Waals surface area contributed by atoms with E-state index in [-0.39, 0.29) is 18.1 Å². The molecule has 156 valence electrons. The second-order valence-corrected chi connectivity index (χ2v) is 7.62. The molecule has 2 N–H and O–H groups in total. The highest BCUT2D eigenvalue weighted by Crippen LogP contribution is 2.28. The van der Waals surface area contributed by atoms with Gasteiger partial charge in [-0.1, -0.05) is 60.7 Å². The van der Waals surface area contributed by atoms with Crippen molar-refractivity contribution in [3.8, 4) is 11.1 Å². The van der Waals surface area contributed by atoms with E-state index in [4.69, 9.17) is 9.84 Å². The number of carboxylic acid groups (broad SMARTS) is 1. The standard InChI is InChI=1S/C12H21NO4.C12H10/c1-8(2)17-12(16)13-7-9-3-5-10(6-4-9)11(14)15;1-3-7-11(8-4-1)12-9-5-2-6-10-12/h8-10H,3-7H2,1-2H3,(H,13,16)(H,14,15);1-10H. The van der Waals surface area contributed by atoms with Gasteiger partial charge in [-0.2, -0.15) is 0 Å². The third kappa shape index (κ3) is 8.38. The highest BCUT2D eigenvalue weighted by atomic mass is 16.6. The van der Waals surface area contributed by atoms with Crippen LogP contribution in [0.15, 0.2) is 60.7 Å². The van der Waals surface area contributed by atoms with Gasteiger partial charge in [-0.3, -0.25) is 4.79 Å². The summed E-state index contributed by atoms with van der Waals surface area (Å²) >= 11 is 0. The second kappa shape index (κ2) is 11.9. The number of benzene rings is 2. The first-order valence-electron chi connectivity index (χ1n) is 10.2. The predicted molar refractivity (Wildman–Crippen MR) is 115 cm³/mol. The van der Waals surface area contributed by atoms with E-state index in [1.807, 2.05) is 12.1 Å². The zero-order valence-electron chi connectivity index (χ0n) is 17.2. The molecule has 1 aliphatic carbocycles. The van der Waals surface area contributed by atoms with Crippen molar-refractivity contribution >= 4 is 12.1 Å². The number of ether oxygens (including phenoxy) is 1. The van der Waals surface area contributed by atoms with Crippen molar-refractivity contribution in [2.24, 2.45) is 11.8 Å². The van der Waals surface area contributed by atoms with Crippen molar-refractivity contribution < 1.29 is 19.4 Å². The number of carbonyl (C=O) groups excluding carboxylic acids is 1. The molecular formula is C24H31NO4. The Hall–Kier alpha value is -2.82. The summed E-state index contributed by atoms with van der Waals surface area (Å²) in [7, 11) is 0. The lowest BCUT2D eigenvalue weighted by atomic mass is 9.82. The fourth-order valence-corrected chi connectivity index (χ4v) is 3.36. The molecule has 0 atom stereocenters. The van der Waals surface area contributed by atoms with Crippen molar-refractivity contribution in [3.63, 3.8) is 0 Å². The van der Waals surface area contributed by atoms with Crippen molar-refractivity contribution in [2.75, 3.05) is 6.54 Å². The number of carbonyl (C=O) groups is 2. The third-order valence-corrected chi connectivity index (χ3v) is 4.95. The van der Waals surface area contributed by atoms with Crippen molar-refractivity contribution in [1.82, 2.24) is 5.32 Å². The van der Waals surface area contributed by atoms with E-state index in [2.05, 4.69) is 53.8 Å². The highest BCUT2D eigenvalue weighted by Gasteiger charge is 2.26. The van der Waals surface area contributed by atoms with Gasteiger partial charge in [-0.05, 0) is 56.6 Å². The minimum Gasteiger partial charge on any atom is -0.481 e. The number of aliphatic carboxylic acids is 1. The maximum Gasteiger partial charge on any atom is 0.407 e. The Labute approximate surface area is 173 Å². The smallest absolute Gasteiger partial charge is 0.407 e. The van der Waals surface area contributed by atoms with Crippen LogP contribution in [0.3, 0.4) is 0 Å². The molecule has 1 amide bonds. The van der Waals surface area contributed by atoms with Crippen LogP contribution >= 0.6 is 0 Å². The normalized spacial score (nSPS) is 18.3. The minimum absolute atomic E-state index is 0.113. The molecule has 0 bridgehead atoms. The third-order valence-electron chi connectivity index (χ3n) is 4.95. The van der Waals surface area contributed by atoms with Crippen LogP contribution in [0.1, 0.15) is 39.5 Å². The van der Waals surface area contributed by atoms with Crippen molar-refractivity contribution in [1.29, 1.82) is 0 Å². The topological polar surface area (TPSA) is 75.6 Å². The Morgan fingerprint density at radius 2 is 1.41 bits per heavy atom. The van der Waals surface area contributed by atoms with Gasteiger partial charge in [-0.15, -0.1) is 0 Å². The molecule has 2 aromatic rings. The molecule has 0 aromatic heterocycles. The summed E-state index contributed by atoms with van der Waals surface area (Å²) in [4.78, 5) is 22.0. The lowest BCUT2D eigenvalue weighted by Crippen LogP contribution is -2.33. The van der Waals surface area contributed by atoms with E-state index in [1.54, 1.807) is 13.8 Å². The van der Waals surface area contributed by atoms with Crippen LogP contribution in [0.5, 0.6) is 0 Å². The molecule has 0 unspecified atom stereocenters. The number of alkyl carbamates (subject to hydrolysis) is 1. The average Bonchev–Trinajstić information content (AvgIpc) is 2.74. The van der Waals surface area contributed by atoms with Gasteiger partial charge in [0.2, 0.25) is 0 Å². The minimum atomic E-state index is -0.698. The molecule has 0 radical (unpaired) electrons. The molecule has 0 spiro atoms. The first-order chi connectivity index (χ1) is 14.0. The lowest BCUT2D eigenvalue weighted by Gasteiger charge is -2.26. The number of hydrogen-bond acceptors (Lipinski definition) is 3. The number of rotatable bonds is 5. The molecule has 29 heavy (non-hydrogen) atoms. The fourth-order valence-electron chi connectivity index (χ4n) is 3.36. The molecule has 0 saturated heterocycles. The first-order valence-corrected chi connectivity index (χ1v) is 10.2. The van der Waals surface area contributed by atoms with Crippen LogP contribution in [-0.4, -0.2) is 29.8 Å². The number of amides is 1. The van der Waals surface area contributed by atoms with E-state index in [0.717, 1.165) is 12.8 Å². The van der Waals surface area contributed by atoms with E-state index in [9.17, 15) is 9.59 Å². The van der Waals surface area contributed by atoms with Crippen LogP contribution in [0, 0.1) is 11.8 Å². The Morgan fingerprint density at radius 3 is 1.83 bits per heavy atom. The van der Waals surface area contributed by atoms with Gasteiger partial charge in [0.25, 0.3) is 0 Å². The molecule has 5 nitrogen and oxygen atoms in total. The Balaban J connectivity index is 0.000000218. The van der Waals surface area contributed by atoms with E-state index >= 15 is 0 Å². The summed E-state index contributed by atoms with van der Waals surface area (Å²) in [6.07, 6.45) is 2.64. The quantitative estimate of drug-likeness (QED) is 0.711. The number of carboxylic acids is 1. The number of hydrogen-bond donors (Lipinski definition) is 2. The van der Waals surface area contributed by atoms with Gasteiger partial charge < -0.3 is 15.2 Å². The van der Waals surface area contributed by atoms with Crippen LogP contribution < -0.4 is 5.32 Å². The monoisotopic (exact) mass is 397 g/mol. The van der Waals surface area contributed by atoms with Gasteiger partial charge in [-0.25, -0.2) is 4.79 Å². The van der Waals surface area contributed by atoms with Gasteiger partial charge >= 0.3 is 12.1 Å². The zero-order valence-corrected chi connectivity index (χ0v) is 17.2. The Kier molecular flexibility index (Phi) is 9.22. The van der Waals surface area contributed by atoms with Crippen molar-refractivity contribution in [3.05, 3.63) is 60.7 Å². The molecule has 1 aliphatic rings. The second-order valence-electron chi connectivity index (χ2n) is 7.62. The molecular weight excluding hydrogens is 366 g/mol. The summed E-state index contributed by atoms with van der Waals surface area (Å²) in [5.41, 5.74) is 2.55. The van der Waals surface area contributed by atoms with Crippen molar-refractivity contribution in [2.45, 2.75) is 45.6 Å². The highest BCUT2D eigenvalue weighted by molar-refractivity contribution is 5.70. The van der Waals surface area contributed by atoms with Gasteiger partial charge in [0.15, 0.2) is 0 Å². The van der Waals surface area contributed by atoms with Crippen LogP contribution in [0.4, 0.5) is 4.79 Å². The summed E-state index contributed by atoms with van der Waals surface area (Å²) < 4.78 is 4.96.